The highest BCUT2D eigenvalue weighted by Gasteiger charge is 2.22. The third-order valence-electron chi connectivity index (χ3n) is 4.90. The van der Waals surface area contributed by atoms with Crippen LogP contribution in [0.4, 0.5) is 5.82 Å². The molecule has 1 atom stereocenters. The van der Waals surface area contributed by atoms with Crippen molar-refractivity contribution in [2.45, 2.75) is 19.4 Å². The molecule has 2 aromatic heterocycles. The van der Waals surface area contributed by atoms with Crippen LogP contribution < -0.4 is 4.90 Å². The number of aromatic nitrogens is 1. The van der Waals surface area contributed by atoms with Crippen LogP contribution in [-0.4, -0.2) is 60.5 Å². The zero-order valence-corrected chi connectivity index (χ0v) is 15.8. The first-order valence-electron chi connectivity index (χ1n) is 8.82. The average molecular weight is 359 g/mol. The Morgan fingerprint density at radius 2 is 2.04 bits per heavy atom. The fourth-order valence-electron chi connectivity index (χ4n) is 3.10. The Balaban J connectivity index is 1.43. The van der Waals surface area contributed by atoms with Crippen LogP contribution in [0.1, 0.15) is 24.3 Å². The second-order valence-corrected chi connectivity index (χ2v) is 7.46. The van der Waals surface area contributed by atoms with E-state index in [0.717, 1.165) is 38.5 Å². The van der Waals surface area contributed by atoms with Crippen molar-refractivity contribution in [3.8, 4) is 0 Å². The van der Waals surface area contributed by atoms with Crippen LogP contribution in [0, 0.1) is 0 Å². The van der Waals surface area contributed by atoms with E-state index in [9.17, 15) is 4.79 Å². The van der Waals surface area contributed by atoms with Gasteiger partial charge in [0.25, 0.3) is 0 Å². The summed E-state index contributed by atoms with van der Waals surface area (Å²) in [5.41, 5.74) is 0. The lowest BCUT2D eigenvalue weighted by molar-refractivity contribution is -0.131. The summed E-state index contributed by atoms with van der Waals surface area (Å²) >= 11 is 1.77. The maximum absolute atomic E-state index is 12.5. The molecule has 134 valence electrons. The molecule has 25 heavy (non-hydrogen) atoms. The molecule has 0 aliphatic carbocycles. The fourth-order valence-corrected chi connectivity index (χ4v) is 3.94. The van der Waals surface area contributed by atoms with Gasteiger partial charge in [-0.1, -0.05) is 12.1 Å². The number of amides is 1. The largest absolute Gasteiger partial charge is 0.353 e. The highest BCUT2D eigenvalue weighted by Crippen LogP contribution is 2.23. The lowest BCUT2D eigenvalue weighted by atomic mass is 10.2. The molecule has 3 rings (SSSR count). The summed E-state index contributed by atoms with van der Waals surface area (Å²) in [5, 5.41) is 2.10. The number of nitrogens with zero attached hydrogens (tertiary/aromatic N) is 4. The fraction of sp³-hybridized carbons (Fsp3) is 0.474. The lowest BCUT2D eigenvalue weighted by Gasteiger charge is -2.35. The summed E-state index contributed by atoms with van der Waals surface area (Å²) in [6, 6.07) is 10.6. The smallest absolute Gasteiger partial charge is 0.223 e. The van der Waals surface area contributed by atoms with Crippen LogP contribution in [0.2, 0.25) is 0 Å². The van der Waals surface area contributed by atoms with Crippen LogP contribution >= 0.6 is 11.3 Å². The van der Waals surface area contributed by atoms with E-state index in [1.807, 2.05) is 29.3 Å². The predicted molar refractivity (Wildman–Crippen MR) is 103 cm³/mol. The van der Waals surface area contributed by atoms with Crippen molar-refractivity contribution < 1.29 is 4.79 Å². The Labute approximate surface area is 153 Å². The molecule has 0 spiro atoms. The van der Waals surface area contributed by atoms with Crippen molar-refractivity contribution in [3.05, 3.63) is 46.8 Å². The van der Waals surface area contributed by atoms with Crippen molar-refractivity contribution in [2.24, 2.45) is 0 Å². The molecule has 1 unspecified atom stereocenters. The Morgan fingerprint density at radius 3 is 2.68 bits per heavy atom. The van der Waals surface area contributed by atoms with Crippen LogP contribution in [0.3, 0.4) is 0 Å². The third kappa shape index (κ3) is 4.58. The van der Waals surface area contributed by atoms with Crippen LogP contribution in [0.5, 0.6) is 0 Å². The molecule has 1 aliphatic heterocycles. The van der Waals surface area contributed by atoms with Crippen molar-refractivity contribution in [1.82, 2.24) is 14.8 Å². The maximum atomic E-state index is 12.5. The highest BCUT2D eigenvalue weighted by molar-refractivity contribution is 7.10. The van der Waals surface area contributed by atoms with E-state index in [1.54, 1.807) is 11.3 Å². The zero-order valence-electron chi connectivity index (χ0n) is 15.0. The Hall–Kier alpha value is -1.92. The number of anilines is 1. The number of carbonyl (C=O) groups excluding carboxylic acids is 1. The number of hydrogen-bond donors (Lipinski definition) is 0. The summed E-state index contributed by atoms with van der Waals surface area (Å²) < 4.78 is 0. The lowest BCUT2D eigenvalue weighted by Crippen LogP contribution is -2.49. The van der Waals surface area contributed by atoms with Gasteiger partial charge in [-0.3, -0.25) is 9.69 Å². The molecule has 3 heterocycles. The van der Waals surface area contributed by atoms with Gasteiger partial charge in [0.15, 0.2) is 0 Å². The summed E-state index contributed by atoms with van der Waals surface area (Å²) in [6.45, 7) is 6.24. The Morgan fingerprint density at radius 1 is 1.24 bits per heavy atom. The first kappa shape index (κ1) is 17.9. The zero-order chi connectivity index (χ0) is 17.6. The van der Waals surface area contributed by atoms with Gasteiger partial charge >= 0.3 is 0 Å². The van der Waals surface area contributed by atoms with E-state index in [4.69, 9.17) is 0 Å². The van der Waals surface area contributed by atoms with Gasteiger partial charge in [-0.05, 0) is 37.6 Å². The van der Waals surface area contributed by atoms with Crippen LogP contribution in [0.25, 0.3) is 0 Å². The number of pyridine rings is 1. The molecule has 1 aliphatic rings. The number of thiophene rings is 1. The molecule has 0 aromatic carbocycles. The Kier molecular flexibility index (Phi) is 6.04. The van der Waals surface area contributed by atoms with Gasteiger partial charge in [-0.15, -0.1) is 11.3 Å². The molecule has 5 nitrogen and oxygen atoms in total. The van der Waals surface area contributed by atoms with Gasteiger partial charge in [0.05, 0.1) is 0 Å². The molecule has 0 N–H and O–H groups in total. The number of carbonyl (C=O) groups is 1. The van der Waals surface area contributed by atoms with E-state index >= 15 is 0 Å². The molecule has 1 saturated heterocycles. The molecular weight excluding hydrogens is 332 g/mol. The summed E-state index contributed by atoms with van der Waals surface area (Å²) in [6.07, 6.45) is 2.40. The summed E-state index contributed by atoms with van der Waals surface area (Å²) in [7, 11) is 2.09. The van der Waals surface area contributed by atoms with Crippen molar-refractivity contribution in [3.63, 3.8) is 0 Å². The molecule has 2 aromatic rings. The summed E-state index contributed by atoms with van der Waals surface area (Å²) in [5.74, 6) is 1.25. The second kappa shape index (κ2) is 8.45. The van der Waals surface area contributed by atoms with Crippen LogP contribution in [-0.2, 0) is 4.79 Å². The standard InChI is InChI=1S/C19H26N4OS/c1-16(17-6-5-15-25-17)21(2)10-8-19(24)23-13-11-22(12-14-23)18-7-3-4-9-20-18/h3-7,9,15-16H,8,10-14H2,1-2H3. The van der Waals surface area contributed by atoms with Crippen molar-refractivity contribution in [2.75, 3.05) is 44.7 Å². The molecule has 0 saturated carbocycles. The minimum absolute atomic E-state index is 0.255. The van der Waals surface area contributed by atoms with E-state index in [1.165, 1.54) is 4.88 Å². The van der Waals surface area contributed by atoms with E-state index in [2.05, 4.69) is 46.3 Å². The topological polar surface area (TPSA) is 39.7 Å². The Bertz CT molecular complexity index is 653. The van der Waals surface area contributed by atoms with Gasteiger partial charge in [0.2, 0.25) is 5.91 Å². The minimum Gasteiger partial charge on any atom is -0.353 e. The monoisotopic (exact) mass is 358 g/mol. The average Bonchev–Trinajstić information content (AvgIpc) is 3.21. The van der Waals surface area contributed by atoms with Gasteiger partial charge in [0.1, 0.15) is 5.82 Å². The molecule has 6 heteroatoms. The molecule has 0 bridgehead atoms. The molecule has 1 fully saturated rings. The normalized spacial score (nSPS) is 16.3. The second-order valence-electron chi connectivity index (χ2n) is 6.48. The number of piperazine rings is 1. The van der Waals surface area contributed by atoms with Crippen molar-refractivity contribution >= 4 is 23.1 Å². The molecular formula is C19H26N4OS. The first-order chi connectivity index (χ1) is 12.1. The van der Waals surface area contributed by atoms with Gasteiger partial charge in [-0.25, -0.2) is 4.98 Å². The quantitative estimate of drug-likeness (QED) is 0.796. The van der Waals surface area contributed by atoms with E-state index < -0.39 is 0 Å². The maximum Gasteiger partial charge on any atom is 0.223 e. The molecule has 1 amide bonds. The van der Waals surface area contributed by atoms with Gasteiger partial charge < -0.3 is 9.80 Å². The van der Waals surface area contributed by atoms with E-state index in [0.29, 0.717) is 12.5 Å². The van der Waals surface area contributed by atoms with Crippen molar-refractivity contribution in [1.29, 1.82) is 0 Å². The van der Waals surface area contributed by atoms with E-state index in [-0.39, 0.29) is 5.91 Å². The molecule has 0 radical (unpaired) electrons. The van der Waals surface area contributed by atoms with Gasteiger partial charge in [0, 0.05) is 56.3 Å². The third-order valence-corrected chi connectivity index (χ3v) is 5.94. The highest BCUT2D eigenvalue weighted by atomic mass is 32.1. The summed E-state index contributed by atoms with van der Waals surface area (Å²) in [4.78, 5) is 24.8. The van der Waals surface area contributed by atoms with Gasteiger partial charge in [-0.2, -0.15) is 0 Å². The van der Waals surface area contributed by atoms with Crippen LogP contribution in [0.15, 0.2) is 41.9 Å². The SMILES string of the molecule is CC(c1cccs1)N(C)CCC(=O)N1CCN(c2ccccn2)CC1. The predicted octanol–water partition coefficient (Wildman–Crippen LogP) is 2.87. The minimum atomic E-state index is 0.255. The number of hydrogen-bond acceptors (Lipinski definition) is 5. The first-order valence-corrected chi connectivity index (χ1v) is 9.70. The number of rotatable bonds is 6.